The molecule has 164 valence electrons. The summed E-state index contributed by atoms with van der Waals surface area (Å²) >= 11 is 7.72. The number of thioether (sulfide) groups is 1. The van der Waals surface area contributed by atoms with Crippen molar-refractivity contribution in [3.05, 3.63) is 95.0 Å². The van der Waals surface area contributed by atoms with Crippen molar-refractivity contribution in [1.82, 2.24) is 25.5 Å². The molecule has 32 heavy (non-hydrogen) atoms. The Morgan fingerprint density at radius 3 is 2.69 bits per heavy atom. The van der Waals surface area contributed by atoms with Gasteiger partial charge >= 0.3 is 0 Å². The number of ether oxygens (including phenoxy) is 1. The van der Waals surface area contributed by atoms with Crippen LogP contribution in [0, 0.1) is 0 Å². The van der Waals surface area contributed by atoms with Crippen LogP contribution >= 0.6 is 23.4 Å². The van der Waals surface area contributed by atoms with Gasteiger partial charge in [0.2, 0.25) is 5.16 Å². The number of hydrogen-bond acceptors (Lipinski definition) is 6. The van der Waals surface area contributed by atoms with E-state index in [0.29, 0.717) is 6.61 Å². The van der Waals surface area contributed by atoms with Gasteiger partial charge in [-0.2, -0.15) is 4.68 Å². The fraction of sp³-hybridized carbons (Fsp3) is 0.208. The summed E-state index contributed by atoms with van der Waals surface area (Å²) in [5.74, 6) is 1.81. The van der Waals surface area contributed by atoms with E-state index in [1.54, 1.807) is 16.4 Å². The molecule has 3 aromatic carbocycles. The number of para-hydroxylation sites is 2. The highest BCUT2D eigenvalue weighted by molar-refractivity contribution is 7.99. The van der Waals surface area contributed by atoms with Crippen molar-refractivity contribution in [1.29, 1.82) is 0 Å². The van der Waals surface area contributed by atoms with Crippen LogP contribution in [0.25, 0.3) is 5.69 Å². The molecule has 4 rings (SSSR count). The molecular weight excluding hydrogens is 442 g/mol. The third-order valence-corrected chi connectivity index (χ3v) is 5.98. The first-order valence-electron chi connectivity index (χ1n) is 10.4. The number of nitrogens with zero attached hydrogens (tertiary/aromatic N) is 4. The Hall–Kier alpha value is -2.87. The van der Waals surface area contributed by atoms with Crippen LogP contribution in [0.4, 0.5) is 0 Å². The van der Waals surface area contributed by atoms with Crippen molar-refractivity contribution in [3.63, 3.8) is 0 Å². The highest BCUT2D eigenvalue weighted by Gasteiger charge is 2.08. The minimum atomic E-state index is 0.490. The van der Waals surface area contributed by atoms with Gasteiger partial charge < -0.3 is 10.1 Å². The number of nitrogens with one attached hydrogen (secondary N) is 1. The molecule has 0 amide bonds. The number of aromatic nitrogens is 4. The summed E-state index contributed by atoms with van der Waals surface area (Å²) in [7, 11) is 0. The van der Waals surface area contributed by atoms with Gasteiger partial charge in [0.1, 0.15) is 12.4 Å². The normalized spacial score (nSPS) is 10.9. The second-order valence-electron chi connectivity index (χ2n) is 7.11. The first kappa shape index (κ1) is 22.3. The van der Waals surface area contributed by atoms with Crippen molar-refractivity contribution in [2.45, 2.75) is 24.7 Å². The van der Waals surface area contributed by atoms with E-state index in [1.165, 1.54) is 0 Å². The first-order valence-corrected chi connectivity index (χ1v) is 11.8. The molecule has 0 aliphatic heterocycles. The molecule has 0 aliphatic rings. The standard InChI is InChI=1S/C24H24ClN5OS/c25-21-10-6-8-19(16-21)18-31-23-13-5-4-9-20(23)17-26-14-7-15-32-24-27-28-29-30(24)22-11-2-1-3-12-22/h1-6,8-13,16,26H,7,14-15,17-18H2. The molecule has 0 unspecified atom stereocenters. The third-order valence-electron chi connectivity index (χ3n) is 4.74. The summed E-state index contributed by atoms with van der Waals surface area (Å²) < 4.78 is 7.80. The zero-order chi connectivity index (χ0) is 22.0. The fourth-order valence-electron chi connectivity index (χ4n) is 3.16. The van der Waals surface area contributed by atoms with Gasteiger partial charge in [0.05, 0.1) is 5.69 Å². The van der Waals surface area contributed by atoms with E-state index in [9.17, 15) is 0 Å². The Morgan fingerprint density at radius 2 is 1.81 bits per heavy atom. The van der Waals surface area contributed by atoms with Crippen LogP contribution in [0.2, 0.25) is 5.02 Å². The molecule has 0 aliphatic carbocycles. The maximum absolute atomic E-state index is 6.06. The first-order chi connectivity index (χ1) is 15.8. The number of rotatable bonds is 11. The van der Waals surface area contributed by atoms with Crippen LogP contribution in [0.1, 0.15) is 17.5 Å². The third kappa shape index (κ3) is 6.32. The van der Waals surface area contributed by atoms with Gasteiger partial charge in [-0.1, -0.05) is 71.9 Å². The van der Waals surface area contributed by atoms with Crippen LogP contribution in [-0.2, 0) is 13.2 Å². The van der Waals surface area contributed by atoms with E-state index in [-0.39, 0.29) is 0 Å². The van der Waals surface area contributed by atoms with Crippen LogP contribution in [-0.4, -0.2) is 32.5 Å². The molecule has 0 saturated heterocycles. The van der Waals surface area contributed by atoms with E-state index < -0.39 is 0 Å². The second-order valence-corrected chi connectivity index (χ2v) is 8.61. The van der Waals surface area contributed by atoms with Gasteiger partial charge in [-0.15, -0.1) is 5.10 Å². The molecule has 8 heteroatoms. The highest BCUT2D eigenvalue weighted by Crippen LogP contribution is 2.21. The molecule has 0 bridgehead atoms. The minimum Gasteiger partial charge on any atom is -0.489 e. The Kier molecular flexibility index (Phi) is 8.14. The van der Waals surface area contributed by atoms with Gasteiger partial charge in [-0.3, -0.25) is 0 Å². The van der Waals surface area contributed by atoms with Gasteiger partial charge in [0, 0.05) is 22.9 Å². The lowest BCUT2D eigenvalue weighted by atomic mass is 10.2. The Bertz CT molecular complexity index is 1120. The van der Waals surface area contributed by atoms with E-state index >= 15 is 0 Å². The molecule has 0 atom stereocenters. The monoisotopic (exact) mass is 465 g/mol. The summed E-state index contributed by atoms with van der Waals surface area (Å²) in [4.78, 5) is 0. The number of tetrazole rings is 1. The summed E-state index contributed by atoms with van der Waals surface area (Å²) in [5, 5.41) is 17.1. The van der Waals surface area contributed by atoms with Crippen LogP contribution in [0.3, 0.4) is 0 Å². The van der Waals surface area contributed by atoms with Crippen LogP contribution < -0.4 is 10.1 Å². The molecule has 0 radical (unpaired) electrons. The number of hydrogen-bond donors (Lipinski definition) is 1. The average molecular weight is 466 g/mol. The van der Waals surface area contributed by atoms with Crippen LogP contribution in [0.15, 0.2) is 84.0 Å². The quantitative estimate of drug-likeness (QED) is 0.243. The molecular formula is C24H24ClN5OS. The zero-order valence-electron chi connectivity index (χ0n) is 17.5. The van der Waals surface area contributed by atoms with Crippen LogP contribution in [0.5, 0.6) is 5.75 Å². The SMILES string of the molecule is Clc1cccc(COc2ccccc2CNCCCSc2nnnn2-c2ccccc2)c1. The molecule has 1 heterocycles. The van der Waals surface area contributed by atoms with E-state index in [0.717, 1.165) is 58.0 Å². The van der Waals surface area contributed by atoms with Gasteiger partial charge in [0.15, 0.2) is 0 Å². The lowest BCUT2D eigenvalue weighted by Gasteiger charge is -2.12. The molecule has 1 N–H and O–H groups in total. The molecule has 0 fully saturated rings. The smallest absolute Gasteiger partial charge is 0.214 e. The van der Waals surface area contributed by atoms with Crippen molar-refractivity contribution >= 4 is 23.4 Å². The summed E-state index contributed by atoms with van der Waals surface area (Å²) in [6.07, 6.45) is 0.998. The average Bonchev–Trinajstić information content (AvgIpc) is 3.30. The van der Waals surface area contributed by atoms with Gasteiger partial charge in [-0.25, -0.2) is 0 Å². The summed E-state index contributed by atoms with van der Waals surface area (Å²) in [5.41, 5.74) is 3.15. The van der Waals surface area contributed by atoms with Crippen molar-refractivity contribution in [3.8, 4) is 11.4 Å². The number of halogens is 1. The Labute approximate surface area is 197 Å². The van der Waals surface area contributed by atoms with E-state index in [4.69, 9.17) is 16.3 Å². The molecule has 1 aromatic heterocycles. The van der Waals surface area contributed by atoms with Crippen molar-refractivity contribution in [2.24, 2.45) is 0 Å². The lowest BCUT2D eigenvalue weighted by molar-refractivity contribution is 0.302. The maximum atomic E-state index is 6.06. The van der Waals surface area contributed by atoms with E-state index in [1.807, 2.05) is 72.8 Å². The van der Waals surface area contributed by atoms with Crippen molar-refractivity contribution in [2.75, 3.05) is 12.3 Å². The zero-order valence-corrected chi connectivity index (χ0v) is 19.1. The van der Waals surface area contributed by atoms with Gasteiger partial charge in [0.25, 0.3) is 0 Å². The molecule has 0 saturated carbocycles. The predicted molar refractivity (Wildman–Crippen MR) is 128 cm³/mol. The topological polar surface area (TPSA) is 64.9 Å². The lowest BCUT2D eigenvalue weighted by Crippen LogP contribution is -2.16. The minimum absolute atomic E-state index is 0.490. The highest BCUT2D eigenvalue weighted by atomic mass is 35.5. The van der Waals surface area contributed by atoms with E-state index in [2.05, 4.69) is 26.9 Å². The predicted octanol–water partition coefficient (Wildman–Crippen LogP) is 5.17. The molecule has 4 aromatic rings. The fourth-order valence-corrected chi connectivity index (χ4v) is 4.20. The second kappa shape index (κ2) is 11.7. The molecule has 0 spiro atoms. The maximum Gasteiger partial charge on any atom is 0.214 e. The summed E-state index contributed by atoms with van der Waals surface area (Å²) in [6.45, 7) is 2.13. The summed E-state index contributed by atoms with van der Waals surface area (Å²) in [6, 6.07) is 25.8. The van der Waals surface area contributed by atoms with Crippen molar-refractivity contribution < 1.29 is 4.74 Å². The Morgan fingerprint density at radius 1 is 0.969 bits per heavy atom. The number of benzene rings is 3. The Balaban J connectivity index is 1.21. The van der Waals surface area contributed by atoms with Gasteiger partial charge in [-0.05, 0) is 59.3 Å². The molecule has 6 nitrogen and oxygen atoms in total. The largest absolute Gasteiger partial charge is 0.489 e.